The topological polar surface area (TPSA) is 65.0 Å². The van der Waals surface area contributed by atoms with Crippen LogP contribution in [0.2, 0.25) is 0 Å². The van der Waals surface area contributed by atoms with Crippen molar-refractivity contribution in [3.8, 4) is 16.9 Å². The fraction of sp³-hybridized carbons (Fsp3) is 0.345. The third kappa shape index (κ3) is 4.81. The van der Waals surface area contributed by atoms with E-state index in [-0.39, 0.29) is 36.5 Å². The second kappa shape index (κ2) is 10.7. The van der Waals surface area contributed by atoms with Crippen molar-refractivity contribution >= 4 is 11.7 Å². The summed E-state index contributed by atoms with van der Waals surface area (Å²) in [5.41, 5.74) is 3.56. The van der Waals surface area contributed by atoms with E-state index in [1.54, 1.807) is 13.2 Å². The van der Waals surface area contributed by atoms with E-state index in [4.69, 9.17) is 4.74 Å². The molecule has 0 aromatic heterocycles. The van der Waals surface area contributed by atoms with E-state index in [0.717, 1.165) is 36.1 Å². The molecule has 3 aromatic carbocycles. The number of nitrogens with zero attached hydrogens (tertiary/aromatic N) is 2. The molecule has 0 bridgehead atoms. The van der Waals surface area contributed by atoms with Gasteiger partial charge in [0.2, 0.25) is 0 Å². The molecule has 6 nitrogen and oxygen atoms in total. The van der Waals surface area contributed by atoms with Crippen LogP contribution in [0.25, 0.3) is 11.1 Å². The Labute approximate surface area is 211 Å². The van der Waals surface area contributed by atoms with Gasteiger partial charge in [0.25, 0.3) is 0 Å². The number of halogens is 1. The number of methoxy groups -OCH3 is 1. The normalized spacial score (nSPS) is 22.1. The summed E-state index contributed by atoms with van der Waals surface area (Å²) in [5, 5.41) is 13.2. The molecule has 2 saturated heterocycles. The van der Waals surface area contributed by atoms with Crippen LogP contribution in [0.5, 0.6) is 5.75 Å². The van der Waals surface area contributed by atoms with E-state index in [1.807, 2.05) is 47.4 Å². The average Bonchev–Trinajstić information content (AvgIpc) is 2.88. The molecule has 5 rings (SSSR count). The maximum atomic E-state index is 13.7. The molecule has 3 aromatic rings. The summed E-state index contributed by atoms with van der Waals surface area (Å²) in [4.78, 5) is 17.5. The van der Waals surface area contributed by atoms with Crippen molar-refractivity contribution in [3.05, 3.63) is 84.2 Å². The van der Waals surface area contributed by atoms with Crippen molar-refractivity contribution in [1.82, 2.24) is 9.80 Å². The van der Waals surface area contributed by atoms with Gasteiger partial charge in [0.1, 0.15) is 11.6 Å². The molecule has 36 heavy (non-hydrogen) atoms. The van der Waals surface area contributed by atoms with Gasteiger partial charge in [0.15, 0.2) is 0 Å². The number of carbonyl (C=O) groups is 1. The molecule has 0 spiro atoms. The Kier molecular flexibility index (Phi) is 7.20. The van der Waals surface area contributed by atoms with Crippen LogP contribution >= 0.6 is 0 Å². The number of carbonyl (C=O) groups excluding carboxylic acids is 1. The Balaban J connectivity index is 1.35. The smallest absolute Gasteiger partial charge is 0.322 e. The van der Waals surface area contributed by atoms with E-state index >= 15 is 0 Å². The second-order valence-electron chi connectivity index (χ2n) is 9.50. The first-order valence-corrected chi connectivity index (χ1v) is 12.5. The third-order valence-electron chi connectivity index (χ3n) is 7.46. The Hall–Kier alpha value is -3.42. The summed E-state index contributed by atoms with van der Waals surface area (Å²) in [6, 6.07) is 22.1. The number of hydrogen-bond acceptors (Lipinski definition) is 4. The highest BCUT2D eigenvalue weighted by atomic mass is 19.1. The number of hydrogen-bond donors (Lipinski definition) is 2. The summed E-state index contributed by atoms with van der Waals surface area (Å²) in [5.74, 6) is 0.476. The van der Waals surface area contributed by atoms with Crippen molar-refractivity contribution in [1.29, 1.82) is 0 Å². The predicted molar refractivity (Wildman–Crippen MR) is 139 cm³/mol. The van der Waals surface area contributed by atoms with Crippen LogP contribution in [0.4, 0.5) is 14.9 Å². The lowest BCUT2D eigenvalue weighted by Crippen LogP contribution is -2.68. The molecule has 2 aliphatic rings. The molecule has 2 N–H and O–H groups in total. The average molecular weight is 490 g/mol. The molecule has 7 heteroatoms. The van der Waals surface area contributed by atoms with Crippen LogP contribution in [-0.4, -0.2) is 66.4 Å². The quantitative estimate of drug-likeness (QED) is 0.532. The number of benzene rings is 3. The van der Waals surface area contributed by atoms with Crippen molar-refractivity contribution in [3.63, 3.8) is 0 Å². The largest absolute Gasteiger partial charge is 0.495 e. The first-order valence-electron chi connectivity index (χ1n) is 12.5. The number of amides is 2. The number of rotatable bonds is 5. The van der Waals surface area contributed by atoms with Gasteiger partial charge < -0.3 is 20.1 Å². The van der Waals surface area contributed by atoms with Crippen LogP contribution in [-0.2, 0) is 0 Å². The van der Waals surface area contributed by atoms with Gasteiger partial charge in [0, 0.05) is 31.1 Å². The highest BCUT2D eigenvalue weighted by Gasteiger charge is 2.49. The summed E-state index contributed by atoms with van der Waals surface area (Å²) in [6.07, 6.45) is 1.88. The molecular formula is C29H32FN3O3. The Morgan fingerprint density at radius 3 is 2.56 bits per heavy atom. The predicted octanol–water partition coefficient (Wildman–Crippen LogP) is 4.96. The van der Waals surface area contributed by atoms with Gasteiger partial charge in [0.05, 0.1) is 19.4 Å². The lowest BCUT2D eigenvalue weighted by atomic mass is 9.74. The molecule has 2 amide bonds. The summed E-state index contributed by atoms with van der Waals surface area (Å²) in [7, 11) is 1.59. The van der Waals surface area contributed by atoms with E-state index < -0.39 is 0 Å². The molecule has 2 aliphatic heterocycles. The Bertz CT molecular complexity index is 1200. The fourth-order valence-electron chi connectivity index (χ4n) is 5.63. The van der Waals surface area contributed by atoms with Gasteiger partial charge in [-0.3, -0.25) is 4.90 Å². The van der Waals surface area contributed by atoms with Gasteiger partial charge >= 0.3 is 6.03 Å². The zero-order valence-electron chi connectivity index (χ0n) is 20.4. The molecule has 0 aliphatic carbocycles. The number of para-hydroxylation sites is 2. The van der Waals surface area contributed by atoms with Crippen LogP contribution in [0.3, 0.4) is 0 Å². The minimum Gasteiger partial charge on any atom is -0.495 e. The van der Waals surface area contributed by atoms with Crippen LogP contribution in [0.1, 0.15) is 24.3 Å². The number of urea groups is 1. The molecule has 0 unspecified atom stereocenters. The molecule has 0 saturated carbocycles. The standard InChI is InChI=1S/C29H32FN3O3/c1-36-27-10-3-2-9-24(27)31-29(35)32-15-4-5-16-33-25(18-32)28(26(33)19-34)21-13-11-20(12-14-21)22-7-6-8-23(30)17-22/h2-3,6-14,17,25-26,28,34H,4-5,15-16,18-19H2,1H3,(H,31,35)/t25-,26-,28-/m1/s1. The van der Waals surface area contributed by atoms with E-state index in [0.29, 0.717) is 24.5 Å². The van der Waals surface area contributed by atoms with E-state index in [1.165, 1.54) is 12.1 Å². The van der Waals surface area contributed by atoms with Crippen LogP contribution in [0, 0.1) is 5.82 Å². The summed E-state index contributed by atoms with van der Waals surface area (Å²) < 4.78 is 19.1. The highest BCUT2D eigenvalue weighted by Crippen LogP contribution is 2.42. The van der Waals surface area contributed by atoms with Crippen LogP contribution < -0.4 is 10.1 Å². The number of anilines is 1. The lowest BCUT2D eigenvalue weighted by Gasteiger charge is -2.57. The van der Waals surface area contributed by atoms with Gasteiger partial charge in [-0.15, -0.1) is 0 Å². The lowest BCUT2D eigenvalue weighted by molar-refractivity contribution is -0.0585. The van der Waals surface area contributed by atoms with Crippen molar-refractivity contribution in [2.45, 2.75) is 30.8 Å². The van der Waals surface area contributed by atoms with Gasteiger partial charge in [-0.25, -0.2) is 9.18 Å². The Morgan fingerprint density at radius 2 is 1.81 bits per heavy atom. The summed E-state index contributed by atoms with van der Waals surface area (Å²) in [6.45, 7) is 2.24. The zero-order valence-corrected chi connectivity index (χ0v) is 20.4. The van der Waals surface area contributed by atoms with Crippen LogP contribution in [0.15, 0.2) is 72.8 Å². The number of nitrogens with one attached hydrogen (secondary N) is 1. The molecular weight excluding hydrogens is 457 g/mol. The highest BCUT2D eigenvalue weighted by molar-refractivity contribution is 5.91. The summed E-state index contributed by atoms with van der Waals surface area (Å²) >= 11 is 0. The maximum Gasteiger partial charge on any atom is 0.322 e. The number of fused-ring (bicyclic) bond motifs is 1. The van der Waals surface area contributed by atoms with Gasteiger partial charge in [-0.2, -0.15) is 0 Å². The van der Waals surface area contributed by atoms with E-state index in [9.17, 15) is 14.3 Å². The molecule has 2 heterocycles. The number of aliphatic hydroxyl groups excluding tert-OH is 1. The monoisotopic (exact) mass is 489 g/mol. The van der Waals surface area contributed by atoms with Gasteiger partial charge in [-0.1, -0.05) is 48.5 Å². The minimum atomic E-state index is -0.257. The Morgan fingerprint density at radius 1 is 1.03 bits per heavy atom. The van der Waals surface area contributed by atoms with Crippen molar-refractivity contribution < 1.29 is 19.0 Å². The molecule has 188 valence electrons. The molecule has 0 radical (unpaired) electrons. The molecule has 2 fully saturated rings. The van der Waals surface area contributed by atoms with E-state index in [2.05, 4.69) is 22.3 Å². The first-order chi connectivity index (χ1) is 17.6. The minimum absolute atomic E-state index is 0.0206. The maximum absolute atomic E-state index is 13.7. The SMILES string of the molecule is COc1ccccc1NC(=O)N1CCCCN2[C@H](CO)[C@H](c3ccc(-c4cccc(F)c4)cc3)[C@H]2C1. The third-order valence-corrected chi connectivity index (χ3v) is 7.46. The van der Waals surface area contributed by atoms with Crippen molar-refractivity contribution in [2.75, 3.05) is 38.7 Å². The molecule has 3 atom stereocenters. The number of ether oxygens (including phenoxy) is 1. The van der Waals surface area contributed by atoms with Crippen molar-refractivity contribution in [2.24, 2.45) is 0 Å². The zero-order chi connectivity index (χ0) is 25.1. The fourth-order valence-corrected chi connectivity index (χ4v) is 5.63. The first kappa shape index (κ1) is 24.3. The van der Waals surface area contributed by atoms with Gasteiger partial charge in [-0.05, 0) is 60.3 Å². The number of aliphatic hydroxyl groups is 1. The second-order valence-corrected chi connectivity index (χ2v) is 9.50.